The van der Waals surface area contributed by atoms with E-state index in [-0.39, 0.29) is 6.09 Å². The summed E-state index contributed by atoms with van der Waals surface area (Å²) >= 11 is 0. The number of rotatable bonds is 7. The van der Waals surface area contributed by atoms with Gasteiger partial charge in [-0.15, -0.1) is 0 Å². The lowest BCUT2D eigenvalue weighted by molar-refractivity contribution is 0.0721. The molecule has 2 heterocycles. The van der Waals surface area contributed by atoms with Crippen LogP contribution in [0.1, 0.15) is 30.4 Å². The van der Waals surface area contributed by atoms with Gasteiger partial charge < -0.3 is 19.5 Å². The molecule has 4 rings (SSSR count). The zero-order valence-electron chi connectivity index (χ0n) is 18.4. The van der Waals surface area contributed by atoms with Crippen LogP contribution in [-0.4, -0.2) is 47.4 Å². The number of piperidine rings is 1. The molecule has 1 atom stereocenters. The summed E-state index contributed by atoms with van der Waals surface area (Å²) in [6.45, 7) is 1.63. The number of methoxy groups -OCH3 is 1. The van der Waals surface area contributed by atoms with Crippen molar-refractivity contribution < 1.29 is 19.4 Å². The number of ether oxygens (including phenoxy) is 2. The molecule has 0 spiro atoms. The van der Waals surface area contributed by atoms with Crippen LogP contribution < -0.4 is 4.74 Å². The monoisotopic (exact) mass is 434 g/mol. The van der Waals surface area contributed by atoms with Crippen LogP contribution in [0.2, 0.25) is 0 Å². The molecule has 1 aliphatic rings. The molecule has 1 aromatic heterocycles. The van der Waals surface area contributed by atoms with E-state index in [1.807, 2.05) is 54.6 Å². The molecule has 32 heavy (non-hydrogen) atoms. The number of likely N-dealkylation sites (tertiary alicyclic amines) is 1. The van der Waals surface area contributed by atoms with Crippen LogP contribution in [0.15, 0.2) is 60.8 Å². The average Bonchev–Trinajstić information content (AvgIpc) is 2.83. The number of benzene rings is 2. The van der Waals surface area contributed by atoms with Crippen LogP contribution in [-0.2, 0) is 17.8 Å². The average molecular weight is 435 g/mol. The van der Waals surface area contributed by atoms with Crippen LogP contribution in [0.25, 0.3) is 10.9 Å². The molecule has 1 N–H and O–H groups in total. The molecule has 3 aromatic rings. The van der Waals surface area contributed by atoms with E-state index in [4.69, 9.17) is 9.47 Å². The maximum Gasteiger partial charge on any atom is 0.410 e. The third kappa shape index (κ3) is 5.56. The van der Waals surface area contributed by atoms with E-state index < -0.39 is 6.10 Å². The second-order valence-electron chi connectivity index (χ2n) is 8.42. The smallest absolute Gasteiger partial charge is 0.410 e. The van der Waals surface area contributed by atoms with Crippen LogP contribution in [0, 0.1) is 5.92 Å². The minimum atomic E-state index is -0.437. The van der Waals surface area contributed by atoms with E-state index in [1.54, 1.807) is 18.2 Å². The maximum atomic E-state index is 12.4. The molecule has 0 radical (unpaired) electrons. The number of pyridine rings is 1. The van der Waals surface area contributed by atoms with Crippen molar-refractivity contribution in [3.63, 3.8) is 0 Å². The Labute approximate surface area is 188 Å². The van der Waals surface area contributed by atoms with Crippen molar-refractivity contribution in [1.29, 1.82) is 0 Å². The summed E-state index contributed by atoms with van der Waals surface area (Å²) in [5.74, 6) is 1.18. The van der Waals surface area contributed by atoms with E-state index >= 15 is 0 Å². The molecule has 1 saturated heterocycles. The Bertz CT molecular complexity index is 1030. The van der Waals surface area contributed by atoms with Crippen LogP contribution in [0.3, 0.4) is 0 Å². The number of aliphatic hydroxyl groups is 1. The number of carbonyl (C=O) groups is 1. The zero-order chi connectivity index (χ0) is 22.3. The molecule has 1 aliphatic heterocycles. The molecule has 2 aromatic carbocycles. The molecule has 0 unspecified atom stereocenters. The van der Waals surface area contributed by atoms with E-state index in [1.165, 1.54) is 0 Å². The van der Waals surface area contributed by atoms with Crippen LogP contribution in [0.5, 0.6) is 5.75 Å². The highest BCUT2D eigenvalue weighted by molar-refractivity contribution is 5.83. The number of carbonyl (C=O) groups excluding carboxylic acids is 1. The molecule has 0 bridgehead atoms. The van der Waals surface area contributed by atoms with Crippen molar-refractivity contribution in [1.82, 2.24) is 9.88 Å². The highest BCUT2D eigenvalue weighted by Gasteiger charge is 2.25. The Hall–Kier alpha value is -3.12. The van der Waals surface area contributed by atoms with E-state index in [9.17, 15) is 9.90 Å². The lowest BCUT2D eigenvalue weighted by Crippen LogP contribution is -2.39. The van der Waals surface area contributed by atoms with Gasteiger partial charge in [0, 0.05) is 24.7 Å². The summed E-state index contributed by atoms with van der Waals surface area (Å²) in [5, 5.41) is 11.8. The molecule has 168 valence electrons. The molecule has 6 heteroatoms. The van der Waals surface area contributed by atoms with Crippen molar-refractivity contribution in [2.24, 2.45) is 5.92 Å². The van der Waals surface area contributed by atoms with Crippen LogP contribution in [0.4, 0.5) is 4.79 Å². The van der Waals surface area contributed by atoms with Gasteiger partial charge in [0.1, 0.15) is 12.4 Å². The van der Waals surface area contributed by atoms with Gasteiger partial charge in [-0.1, -0.05) is 30.3 Å². The Kier molecular flexibility index (Phi) is 7.22. The Morgan fingerprint density at radius 1 is 1.16 bits per heavy atom. The number of aliphatic hydroxyl groups excluding tert-OH is 1. The van der Waals surface area contributed by atoms with Gasteiger partial charge in [-0.25, -0.2) is 4.79 Å². The summed E-state index contributed by atoms with van der Waals surface area (Å²) in [7, 11) is 1.65. The highest BCUT2D eigenvalue weighted by atomic mass is 16.6. The van der Waals surface area contributed by atoms with Gasteiger partial charge >= 0.3 is 6.09 Å². The number of fused-ring (bicyclic) bond motifs is 1. The van der Waals surface area contributed by atoms with E-state index in [2.05, 4.69) is 4.98 Å². The number of amides is 1. The van der Waals surface area contributed by atoms with Gasteiger partial charge in [0.15, 0.2) is 0 Å². The SMILES string of the molecule is COc1ccc2nccc(C[C@H](O)CC3CCN(C(=O)OCc4ccccc4)CC3)c2c1. The summed E-state index contributed by atoms with van der Waals surface area (Å²) in [6.07, 6.45) is 4.14. The molecule has 1 amide bonds. The second-order valence-corrected chi connectivity index (χ2v) is 8.42. The van der Waals surface area contributed by atoms with Crippen molar-refractivity contribution in [3.05, 3.63) is 71.9 Å². The largest absolute Gasteiger partial charge is 0.497 e. The summed E-state index contributed by atoms with van der Waals surface area (Å²) in [6, 6.07) is 17.5. The molecular formula is C26H30N2O4. The third-order valence-corrected chi connectivity index (χ3v) is 6.18. The minimum Gasteiger partial charge on any atom is -0.497 e. The van der Waals surface area contributed by atoms with E-state index in [0.717, 1.165) is 47.0 Å². The Morgan fingerprint density at radius 3 is 2.69 bits per heavy atom. The molecule has 0 aliphatic carbocycles. The summed E-state index contributed by atoms with van der Waals surface area (Å²) in [4.78, 5) is 18.5. The lowest BCUT2D eigenvalue weighted by Gasteiger charge is -2.32. The van der Waals surface area contributed by atoms with Gasteiger partial charge in [0.2, 0.25) is 0 Å². The lowest BCUT2D eigenvalue weighted by atomic mass is 9.89. The Morgan fingerprint density at radius 2 is 1.94 bits per heavy atom. The number of hydrogen-bond acceptors (Lipinski definition) is 5. The first kappa shape index (κ1) is 22.1. The molecule has 6 nitrogen and oxygen atoms in total. The molecule has 0 saturated carbocycles. The van der Waals surface area contributed by atoms with Crippen molar-refractivity contribution in [2.45, 2.75) is 38.4 Å². The number of hydrogen-bond donors (Lipinski definition) is 1. The predicted octanol–water partition coefficient (Wildman–Crippen LogP) is 4.59. The topological polar surface area (TPSA) is 71.9 Å². The first-order chi connectivity index (χ1) is 15.6. The number of aromatic nitrogens is 1. The first-order valence-corrected chi connectivity index (χ1v) is 11.2. The van der Waals surface area contributed by atoms with Gasteiger partial charge in [-0.05, 0) is 67.0 Å². The highest BCUT2D eigenvalue weighted by Crippen LogP contribution is 2.27. The fourth-order valence-corrected chi connectivity index (χ4v) is 4.37. The maximum absolute atomic E-state index is 12.4. The fourth-order valence-electron chi connectivity index (χ4n) is 4.37. The Balaban J connectivity index is 1.26. The molecular weight excluding hydrogens is 404 g/mol. The van der Waals surface area contributed by atoms with E-state index in [0.29, 0.717) is 32.0 Å². The van der Waals surface area contributed by atoms with Gasteiger partial charge in [0.05, 0.1) is 18.7 Å². The zero-order valence-corrected chi connectivity index (χ0v) is 18.4. The van der Waals surface area contributed by atoms with Crippen molar-refractivity contribution in [3.8, 4) is 5.75 Å². The minimum absolute atomic E-state index is 0.259. The predicted molar refractivity (Wildman–Crippen MR) is 124 cm³/mol. The summed E-state index contributed by atoms with van der Waals surface area (Å²) < 4.78 is 10.8. The van der Waals surface area contributed by atoms with Crippen molar-refractivity contribution in [2.75, 3.05) is 20.2 Å². The summed E-state index contributed by atoms with van der Waals surface area (Å²) in [5.41, 5.74) is 2.96. The quantitative estimate of drug-likeness (QED) is 0.589. The van der Waals surface area contributed by atoms with Gasteiger partial charge in [0.25, 0.3) is 0 Å². The van der Waals surface area contributed by atoms with Gasteiger partial charge in [-0.3, -0.25) is 4.98 Å². The van der Waals surface area contributed by atoms with Crippen molar-refractivity contribution >= 4 is 17.0 Å². The third-order valence-electron chi connectivity index (χ3n) is 6.18. The fraction of sp³-hybridized carbons (Fsp3) is 0.385. The second kappa shape index (κ2) is 10.5. The van der Waals surface area contributed by atoms with Crippen LogP contribution >= 0.6 is 0 Å². The first-order valence-electron chi connectivity index (χ1n) is 11.2. The van der Waals surface area contributed by atoms with Gasteiger partial charge in [-0.2, -0.15) is 0 Å². The number of nitrogens with zero attached hydrogens (tertiary/aromatic N) is 2. The molecule has 1 fully saturated rings. The normalized spacial score (nSPS) is 15.5. The standard InChI is InChI=1S/C26H30N2O4/c1-31-23-7-8-25-24(17-23)21(9-12-27-25)16-22(29)15-19-10-13-28(14-11-19)26(30)32-18-20-5-3-2-4-6-20/h2-9,12,17,19,22,29H,10-11,13-16,18H2,1H3/t22-/m1/s1.